The Bertz CT molecular complexity index is 459. The van der Waals surface area contributed by atoms with Crippen molar-refractivity contribution in [3.05, 3.63) is 35.4 Å². The van der Waals surface area contributed by atoms with Gasteiger partial charge in [0.1, 0.15) is 0 Å². The summed E-state index contributed by atoms with van der Waals surface area (Å²) < 4.78 is 0. The third-order valence-corrected chi connectivity index (χ3v) is 5.08. The van der Waals surface area contributed by atoms with E-state index in [-0.39, 0.29) is 5.78 Å². The van der Waals surface area contributed by atoms with E-state index in [0.29, 0.717) is 12.6 Å². The Morgan fingerprint density at radius 2 is 1.80 bits per heavy atom. The van der Waals surface area contributed by atoms with Crippen LogP contribution in [0.15, 0.2) is 24.3 Å². The lowest BCUT2D eigenvalue weighted by molar-refractivity contribution is 0.0896. The molecule has 1 unspecified atom stereocenters. The molecule has 1 aliphatic carbocycles. The third-order valence-electron chi connectivity index (χ3n) is 5.08. The summed E-state index contributed by atoms with van der Waals surface area (Å²) in [5, 5.41) is 0. The molecular weight excluding hydrogens is 246 g/mol. The van der Waals surface area contributed by atoms with Crippen molar-refractivity contribution in [2.75, 3.05) is 13.1 Å². The van der Waals surface area contributed by atoms with Gasteiger partial charge in [0, 0.05) is 11.6 Å². The van der Waals surface area contributed by atoms with Gasteiger partial charge in [0.05, 0.1) is 6.54 Å². The maximum Gasteiger partial charge on any atom is 0.176 e. The SMILES string of the molecule is Cc1ccc(C(=O)CN2CCCC2C2CCCC2)cc1. The summed E-state index contributed by atoms with van der Waals surface area (Å²) in [6.07, 6.45) is 8.09. The van der Waals surface area contributed by atoms with E-state index in [0.717, 1.165) is 18.0 Å². The number of likely N-dealkylation sites (tertiary alicyclic amines) is 1. The largest absolute Gasteiger partial charge is 0.293 e. The number of Topliss-reactive ketones (excluding diaryl/α,β-unsaturated/α-hetero) is 1. The number of carbonyl (C=O) groups is 1. The van der Waals surface area contributed by atoms with Gasteiger partial charge in [-0.15, -0.1) is 0 Å². The predicted molar refractivity (Wildman–Crippen MR) is 82.1 cm³/mol. The summed E-state index contributed by atoms with van der Waals surface area (Å²) in [6, 6.07) is 8.68. The van der Waals surface area contributed by atoms with Crippen LogP contribution in [0.25, 0.3) is 0 Å². The Morgan fingerprint density at radius 1 is 1.10 bits per heavy atom. The second-order valence-electron chi connectivity index (χ2n) is 6.51. The van der Waals surface area contributed by atoms with Gasteiger partial charge in [-0.1, -0.05) is 42.7 Å². The molecule has 108 valence electrons. The fourth-order valence-electron chi connectivity index (χ4n) is 3.94. The molecule has 2 aliphatic rings. The molecule has 1 aliphatic heterocycles. The van der Waals surface area contributed by atoms with Crippen molar-refractivity contribution in [2.24, 2.45) is 5.92 Å². The second-order valence-corrected chi connectivity index (χ2v) is 6.51. The van der Waals surface area contributed by atoms with Crippen molar-refractivity contribution in [2.45, 2.75) is 51.5 Å². The minimum absolute atomic E-state index is 0.287. The number of benzene rings is 1. The first-order valence-electron chi connectivity index (χ1n) is 8.08. The molecule has 1 aromatic carbocycles. The highest BCUT2D eigenvalue weighted by Gasteiger charge is 2.33. The minimum atomic E-state index is 0.287. The molecule has 1 saturated heterocycles. The maximum atomic E-state index is 12.4. The molecule has 20 heavy (non-hydrogen) atoms. The van der Waals surface area contributed by atoms with Gasteiger partial charge >= 0.3 is 0 Å². The van der Waals surface area contributed by atoms with Gasteiger partial charge in [0.2, 0.25) is 0 Å². The molecule has 0 N–H and O–H groups in total. The van der Waals surface area contributed by atoms with Crippen molar-refractivity contribution >= 4 is 5.78 Å². The summed E-state index contributed by atoms with van der Waals surface area (Å²) in [7, 11) is 0. The van der Waals surface area contributed by atoms with E-state index in [9.17, 15) is 4.79 Å². The number of rotatable bonds is 4. The number of aryl methyl sites for hydroxylation is 1. The highest BCUT2D eigenvalue weighted by Crippen LogP contribution is 2.35. The molecular formula is C18H25NO. The van der Waals surface area contributed by atoms with Gasteiger partial charge in [0.15, 0.2) is 5.78 Å². The van der Waals surface area contributed by atoms with E-state index in [1.54, 1.807) is 0 Å². The van der Waals surface area contributed by atoms with Crippen LogP contribution in [0, 0.1) is 12.8 Å². The molecule has 1 atom stereocenters. The van der Waals surface area contributed by atoms with Gasteiger partial charge in [-0.25, -0.2) is 0 Å². The topological polar surface area (TPSA) is 20.3 Å². The molecule has 1 heterocycles. The predicted octanol–water partition coefficient (Wildman–Crippen LogP) is 3.83. The van der Waals surface area contributed by atoms with E-state index in [2.05, 4.69) is 11.8 Å². The lowest BCUT2D eigenvalue weighted by atomic mass is 9.95. The number of hydrogen-bond donors (Lipinski definition) is 0. The first-order chi connectivity index (χ1) is 9.74. The van der Waals surface area contributed by atoms with Crippen LogP contribution in [0.3, 0.4) is 0 Å². The van der Waals surface area contributed by atoms with Gasteiger partial charge in [0.25, 0.3) is 0 Å². The lowest BCUT2D eigenvalue weighted by Crippen LogP contribution is -2.38. The zero-order valence-electron chi connectivity index (χ0n) is 12.5. The summed E-state index contributed by atoms with van der Waals surface area (Å²) in [5.41, 5.74) is 2.08. The summed E-state index contributed by atoms with van der Waals surface area (Å²) >= 11 is 0. The number of nitrogens with zero attached hydrogens (tertiary/aromatic N) is 1. The molecule has 3 rings (SSSR count). The number of hydrogen-bond acceptors (Lipinski definition) is 2. The zero-order chi connectivity index (χ0) is 13.9. The Balaban J connectivity index is 1.63. The van der Waals surface area contributed by atoms with Gasteiger partial charge < -0.3 is 0 Å². The summed E-state index contributed by atoms with van der Waals surface area (Å²) in [4.78, 5) is 14.9. The molecule has 0 aromatic heterocycles. The van der Waals surface area contributed by atoms with Crippen molar-refractivity contribution in [1.82, 2.24) is 4.90 Å². The van der Waals surface area contributed by atoms with Crippen molar-refractivity contribution in [3.8, 4) is 0 Å². The van der Waals surface area contributed by atoms with Gasteiger partial charge in [-0.3, -0.25) is 9.69 Å². The molecule has 0 radical (unpaired) electrons. The first kappa shape index (κ1) is 13.8. The highest BCUT2D eigenvalue weighted by atomic mass is 16.1. The van der Waals surface area contributed by atoms with Crippen molar-refractivity contribution in [3.63, 3.8) is 0 Å². The van der Waals surface area contributed by atoms with Gasteiger partial charge in [-0.2, -0.15) is 0 Å². The normalized spacial score (nSPS) is 24.4. The molecule has 2 heteroatoms. The fourth-order valence-corrected chi connectivity index (χ4v) is 3.94. The fraction of sp³-hybridized carbons (Fsp3) is 0.611. The van der Waals surface area contributed by atoms with Crippen molar-refractivity contribution < 1.29 is 4.79 Å². The van der Waals surface area contributed by atoms with Crippen LogP contribution >= 0.6 is 0 Å². The number of carbonyl (C=O) groups excluding carboxylic acids is 1. The first-order valence-corrected chi connectivity index (χ1v) is 8.08. The Morgan fingerprint density at radius 3 is 2.50 bits per heavy atom. The van der Waals surface area contributed by atoms with Gasteiger partial charge in [-0.05, 0) is 45.1 Å². The summed E-state index contributed by atoms with van der Waals surface area (Å²) in [5.74, 6) is 1.14. The minimum Gasteiger partial charge on any atom is -0.293 e. The number of ketones is 1. The molecule has 0 amide bonds. The van der Waals surface area contributed by atoms with E-state index in [4.69, 9.17) is 0 Å². The molecule has 1 saturated carbocycles. The van der Waals surface area contributed by atoms with E-state index >= 15 is 0 Å². The monoisotopic (exact) mass is 271 g/mol. The molecule has 0 spiro atoms. The molecule has 1 aromatic rings. The zero-order valence-corrected chi connectivity index (χ0v) is 12.5. The van der Waals surface area contributed by atoms with E-state index in [1.807, 2.05) is 24.3 Å². The quantitative estimate of drug-likeness (QED) is 0.776. The van der Waals surface area contributed by atoms with Crippen LogP contribution < -0.4 is 0 Å². The second kappa shape index (κ2) is 6.09. The summed E-state index contributed by atoms with van der Waals surface area (Å²) in [6.45, 7) is 3.79. The van der Waals surface area contributed by atoms with E-state index in [1.165, 1.54) is 44.1 Å². The van der Waals surface area contributed by atoms with Crippen LogP contribution in [0.5, 0.6) is 0 Å². The van der Waals surface area contributed by atoms with Crippen LogP contribution in [0.2, 0.25) is 0 Å². The Hall–Kier alpha value is -1.15. The van der Waals surface area contributed by atoms with Crippen LogP contribution in [0.4, 0.5) is 0 Å². The Labute approximate surface area is 122 Å². The van der Waals surface area contributed by atoms with Crippen LogP contribution in [-0.2, 0) is 0 Å². The third kappa shape index (κ3) is 2.95. The van der Waals surface area contributed by atoms with E-state index < -0.39 is 0 Å². The smallest absolute Gasteiger partial charge is 0.176 e. The molecule has 0 bridgehead atoms. The highest BCUT2D eigenvalue weighted by molar-refractivity contribution is 5.97. The average Bonchev–Trinajstić information content (AvgIpc) is 3.09. The van der Waals surface area contributed by atoms with Crippen molar-refractivity contribution in [1.29, 1.82) is 0 Å². The standard InChI is InChI=1S/C18H25NO/c1-14-8-10-16(11-9-14)18(20)13-19-12-4-7-17(19)15-5-2-3-6-15/h8-11,15,17H,2-7,12-13H2,1H3. The average molecular weight is 271 g/mol. The van der Waals surface area contributed by atoms with Crippen LogP contribution in [0.1, 0.15) is 54.4 Å². The Kier molecular flexibility index (Phi) is 4.21. The lowest BCUT2D eigenvalue weighted by Gasteiger charge is -2.28. The molecule has 2 fully saturated rings. The van der Waals surface area contributed by atoms with Crippen LogP contribution in [-0.4, -0.2) is 29.8 Å². The maximum absolute atomic E-state index is 12.4. The molecule has 2 nitrogen and oxygen atoms in total.